The number of fused-ring (bicyclic) bond motifs is 1. The Morgan fingerprint density at radius 2 is 1.91 bits per heavy atom. The predicted molar refractivity (Wildman–Crippen MR) is 87.5 cm³/mol. The lowest BCUT2D eigenvalue weighted by Gasteiger charge is -2.32. The Kier molecular flexibility index (Phi) is 3.87. The number of ether oxygens (including phenoxy) is 1. The van der Waals surface area contributed by atoms with E-state index in [0.717, 1.165) is 5.56 Å². The minimum absolute atomic E-state index is 0.141. The van der Waals surface area contributed by atoms with Crippen LogP contribution in [-0.4, -0.2) is 51.1 Å². The molecule has 8 heteroatoms. The van der Waals surface area contributed by atoms with Gasteiger partial charge in [0.15, 0.2) is 11.4 Å². The fraction of sp³-hybridized carbons (Fsp3) is 0.533. The highest BCUT2D eigenvalue weighted by atomic mass is 32.2. The smallest absolute Gasteiger partial charge is 0.262 e. The number of nitrogens with zero attached hydrogens (tertiary/aromatic N) is 4. The lowest BCUT2D eigenvalue weighted by molar-refractivity contribution is 0.411. The first-order valence-corrected chi connectivity index (χ1v) is 9.12. The molecule has 0 fully saturated rings. The molecule has 2 atom stereocenters. The fourth-order valence-electron chi connectivity index (χ4n) is 3.21. The minimum atomic E-state index is -3.63. The van der Waals surface area contributed by atoms with Crippen molar-refractivity contribution in [3.8, 4) is 5.75 Å². The van der Waals surface area contributed by atoms with Crippen molar-refractivity contribution < 1.29 is 13.2 Å². The second kappa shape index (κ2) is 5.59. The minimum Gasteiger partial charge on any atom is -0.497 e. The SMILES string of the molecule is CCN(CC)C1=NS(=O)(=O)[C@H]2CN=N[C@@]12c1ccc(OC)cc1. The lowest BCUT2D eigenvalue weighted by Crippen LogP contribution is -2.48. The van der Waals surface area contributed by atoms with Crippen molar-refractivity contribution in [2.45, 2.75) is 24.6 Å². The van der Waals surface area contributed by atoms with Gasteiger partial charge in [-0.25, -0.2) is 8.42 Å². The molecular weight excluding hydrogens is 316 g/mol. The van der Waals surface area contributed by atoms with E-state index in [-0.39, 0.29) is 6.54 Å². The van der Waals surface area contributed by atoms with Crippen LogP contribution in [0.25, 0.3) is 0 Å². The summed E-state index contributed by atoms with van der Waals surface area (Å²) in [6.45, 7) is 5.40. The molecule has 7 nitrogen and oxygen atoms in total. The van der Waals surface area contributed by atoms with Gasteiger partial charge in [0, 0.05) is 13.1 Å². The molecule has 0 N–H and O–H groups in total. The summed E-state index contributed by atoms with van der Waals surface area (Å²) in [5.74, 6) is 1.18. The van der Waals surface area contributed by atoms with E-state index in [0.29, 0.717) is 24.7 Å². The zero-order chi connectivity index (χ0) is 16.7. The molecule has 1 aromatic rings. The Morgan fingerprint density at radius 1 is 1.26 bits per heavy atom. The Hall–Kier alpha value is -1.96. The molecule has 2 aliphatic rings. The van der Waals surface area contributed by atoms with Crippen LogP contribution in [0.5, 0.6) is 5.75 Å². The summed E-state index contributed by atoms with van der Waals surface area (Å²) in [6, 6.07) is 7.30. The Labute approximate surface area is 136 Å². The fourth-order valence-corrected chi connectivity index (χ4v) is 4.81. The van der Waals surface area contributed by atoms with Gasteiger partial charge in [0.05, 0.1) is 13.7 Å². The van der Waals surface area contributed by atoms with Gasteiger partial charge in [-0.2, -0.15) is 10.2 Å². The van der Waals surface area contributed by atoms with Crippen LogP contribution in [0, 0.1) is 0 Å². The molecule has 0 amide bonds. The van der Waals surface area contributed by atoms with E-state index in [1.54, 1.807) is 19.2 Å². The Bertz CT molecular complexity index is 753. The Balaban J connectivity index is 2.18. The number of sulfonamides is 1. The van der Waals surface area contributed by atoms with Gasteiger partial charge in [0.1, 0.15) is 11.0 Å². The number of likely N-dealkylation sites (N-methyl/N-ethyl adjacent to an activating group) is 1. The normalized spacial score (nSPS) is 27.6. The molecule has 0 saturated carbocycles. The topological polar surface area (TPSA) is 83.7 Å². The Morgan fingerprint density at radius 3 is 2.48 bits per heavy atom. The first-order valence-electron chi connectivity index (χ1n) is 7.62. The highest BCUT2D eigenvalue weighted by Crippen LogP contribution is 2.46. The van der Waals surface area contributed by atoms with Gasteiger partial charge in [0.2, 0.25) is 0 Å². The average Bonchev–Trinajstić information content (AvgIpc) is 3.09. The van der Waals surface area contributed by atoms with Gasteiger partial charge >= 0.3 is 0 Å². The highest BCUT2D eigenvalue weighted by molar-refractivity contribution is 7.91. The van der Waals surface area contributed by atoms with Crippen molar-refractivity contribution in [3.05, 3.63) is 29.8 Å². The van der Waals surface area contributed by atoms with E-state index >= 15 is 0 Å². The number of benzene rings is 1. The first kappa shape index (κ1) is 15.9. The maximum atomic E-state index is 12.5. The van der Waals surface area contributed by atoms with Crippen LogP contribution < -0.4 is 4.74 Å². The van der Waals surface area contributed by atoms with Gasteiger partial charge in [0.25, 0.3) is 10.0 Å². The standard InChI is InChI=1S/C15H20N4O3S/c1-4-19(5-2)14-15(11-6-8-12(22-3)9-7-11)13(10-16-18-15)23(20,21)17-14/h6-9,13H,4-5,10H2,1-3H3/t13-,15+/m0/s1. The van der Waals surface area contributed by atoms with Crippen molar-refractivity contribution in [1.82, 2.24) is 4.90 Å². The lowest BCUT2D eigenvalue weighted by atomic mass is 9.85. The monoisotopic (exact) mass is 336 g/mol. The summed E-state index contributed by atoms with van der Waals surface area (Å²) in [5.41, 5.74) is -0.270. The van der Waals surface area contributed by atoms with Crippen LogP contribution in [0.1, 0.15) is 19.4 Å². The summed E-state index contributed by atoms with van der Waals surface area (Å²) in [6.07, 6.45) is 0. The molecule has 3 rings (SSSR count). The third-order valence-electron chi connectivity index (χ3n) is 4.45. The van der Waals surface area contributed by atoms with Crippen LogP contribution >= 0.6 is 0 Å². The molecule has 1 aromatic carbocycles. The molecule has 0 aromatic heterocycles. The largest absolute Gasteiger partial charge is 0.497 e. The highest BCUT2D eigenvalue weighted by Gasteiger charge is 2.61. The average molecular weight is 336 g/mol. The van der Waals surface area contributed by atoms with E-state index in [1.165, 1.54) is 0 Å². The molecule has 0 radical (unpaired) electrons. The summed E-state index contributed by atoms with van der Waals surface area (Å²) in [5, 5.41) is 7.68. The number of hydrogen-bond donors (Lipinski definition) is 0. The van der Waals surface area contributed by atoms with Gasteiger partial charge in [-0.15, -0.1) is 4.40 Å². The van der Waals surface area contributed by atoms with E-state index in [2.05, 4.69) is 14.6 Å². The van der Waals surface area contributed by atoms with Crippen molar-refractivity contribution in [2.75, 3.05) is 26.7 Å². The second-order valence-electron chi connectivity index (χ2n) is 5.51. The van der Waals surface area contributed by atoms with E-state index < -0.39 is 20.8 Å². The first-order chi connectivity index (χ1) is 11.0. The predicted octanol–water partition coefficient (Wildman–Crippen LogP) is 1.81. The number of amidine groups is 1. The molecule has 0 bridgehead atoms. The van der Waals surface area contributed by atoms with Crippen LogP contribution in [0.3, 0.4) is 0 Å². The number of hydrogen-bond acceptors (Lipinski definition) is 6. The summed E-state index contributed by atoms with van der Waals surface area (Å²) >= 11 is 0. The van der Waals surface area contributed by atoms with E-state index in [1.807, 2.05) is 30.9 Å². The third-order valence-corrected chi connectivity index (χ3v) is 6.09. The second-order valence-corrected chi connectivity index (χ2v) is 7.29. The summed E-state index contributed by atoms with van der Waals surface area (Å²) in [4.78, 5) is 1.94. The van der Waals surface area contributed by atoms with E-state index in [9.17, 15) is 8.42 Å². The molecule has 0 spiro atoms. The van der Waals surface area contributed by atoms with Crippen LogP contribution in [-0.2, 0) is 15.6 Å². The number of methoxy groups -OCH3 is 1. The molecule has 0 unspecified atom stereocenters. The molecule has 23 heavy (non-hydrogen) atoms. The van der Waals surface area contributed by atoms with Crippen molar-refractivity contribution in [3.63, 3.8) is 0 Å². The maximum Gasteiger partial charge on any atom is 0.262 e. The molecule has 0 saturated heterocycles. The van der Waals surface area contributed by atoms with Crippen molar-refractivity contribution in [2.24, 2.45) is 14.6 Å². The quantitative estimate of drug-likeness (QED) is 0.839. The van der Waals surface area contributed by atoms with E-state index in [4.69, 9.17) is 4.74 Å². The van der Waals surface area contributed by atoms with Gasteiger partial charge in [-0.3, -0.25) is 0 Å². The molecular formula is C15H20N4O3S. The van der Waals surface area contributed by atoms with Crippen molar-refractivity contribution in [1.29, 1.82) is 0 Å². The summed E-state index contributed by atoms with van der Waals surface area (Å²) in [7, 11) is -2.04. The zero-order valence-corrected chi connectivity index (χ0v) is 14.2. The molecule has 0 aliphatic carbocycles. The van der Waals surface area contributed by atoms with Gasteiger partial charge in [-0.05, 0) is 31.5 Å². The number of azo groups is 1. The van der Waals surface area contributed by atoms with Crippen LogP contribution in [0.15, 0.2) is 38.9 Å². The summed E-state index contributed by atoms with van der Waals surface area (Å²) < 4.78 is 34.3. The molecule has 124 valence electrons. The van der Waals surface area contributed by atoms with Gasteiger partial charge in [-0.1, -0.05) is 12.1 Å². The maximum absolute atomic E-state index is 12.5. The van der Waals surface area contributed by atoms with Crippen LogP contribution in [0.2, 0.25) is 0 Å². The van der Waals surface area contributed by atoms with Crippen LogP contribution in [0.4, 0.5) is 0 Å². The molecule has 2 heterocycles. The van der Waals surface area contributed by atoms with Gasteiger partial charge < -0.3 is 9.64 Å². The molecule has 2 aliphatic heterocycles. The van der Waals surface area contributed by atoms with Crippen molar-refractivity contribution >= 4 is 15.9 Å². The number of rotatable bonds is 4. The third kappa shape index (κ3) is 2.23. The zero-order valence-electron chi connectivity index (χ0n) is 13.4.